The van der Waals surface area contributed by atoms with Gasteiger partial charge in [-0.15, -0.1) is 11.3 Å². The Balaban J connectivity index is 2.47. The van der Waals surface area contributed by atoms with E-state index in [1.807, 2.05) is 19.2 Å². The summed E-state index contributed by atoms with van der Waals surface area (Å²) in [7, 11) is 0. The van der Waals surface area contributed by atoms with Crippen LogP contribution in [-0.2, 0) is 11.2 Å². The number of aromatic nitrogens is 1. The van der Waals surface area contributed by atoms with Gasteiger partial charge in [-0.1, -0.05) is 13.8 Å². The van der Waals surface area contributed by atoms with Crippen LogP contribution in [0.5, 0.6) is 0 Å². The summed E-state index contributed by atoms with van der Waals surface area (Å²) in [6, 6.07) is 0. The third-order valence-electron chi connectivity index (χ3n) is 1.97. The lowest BCUT2D eigenvalue weighted by atomic mass is 10.0. The summed E-state index contributed by atoms with van der Waals surface area (Å²) in [4.78, 5) is 15.5. The summed E-state index contributed by atoms with van der Waals surface area (Å²) in [5, 5.41) is 2.83. The number of rotatable bonds is 4. The second-order valence-corrected chi connectivity index (χ2v) is 3.86. The van der Waals surface area contributed by atoms with E-state index in [-0.39, 0.29) is 5.92 Å². The summed E-state index contributed by atoms with van der Waals surface area (Å²) >= 11 is 1.55. The van der Waals surface area contributed by atoms with Gasteiger partial charge < -0.3 is 0 Å². The molecule has 1 unspecified atom stereocenters. The molecule has 3 heteroatoms. The first-order chi connectivity index (χ1) is 5.74. The minimum absolute atomic E-state index is 0.175. The average molecular weight is 183 g/mol. The highest BCUT2D eigenvalue weighted by molar-refractivity contribution is 7.09. The van der Waals surface area contributed by atoms with Gasteiger partial charge in [0.15, 0.2) is 0 Å². The van der Waals surface area contributed by atoms with Gasteiger partial charge in [0, 0.05) is 17.5 Å². The first-order valence-corrected chi connectivity index (χ1v) is 5.03. The van der Waals surface area contributed by atoms with E-state index >= 15 is 0 Å². The fourth-order valence-corrected chi connectivity index (χ4v) is 1.52. The summed E-state index contributed by atoms with van der Waals surface area (Å²) in [6.45, 7) is 4.00. The maximum Gasteiger partial charge on any atom is 0.142 e. The zero-order chi connectivity index (χ0) is 8.97. The van der Waals surface area contributed by atoms with Crippen LogP contribution in [0, 0.1) is 5.92 Å². The Hall–Kier alpha value is -0.700. The Bertz CT molecular complexity index is 243. The Labute approximate surface area is 76.6 Å². The molecule has 0 aliphatic carbocycles. The molecule has 1 heterocycles. The molecule has 1 aromatic rings. The molecule has 2 nitrogen and oxygen atoms in total. The molecular formula is C9H13NOS. The second-order valence-electron chi connectivity index (χ2n) is 2.88. The number of thiazole rings is 1. The van der Waals surface area contributed by atoms with Gasteiger partial charge in [0.1, 0.15) is 5.78 Å². The van der Waals surface area contributed by atoms with Crippen molar-refractivity contribution in [2.45, 2.75) is 26.7 Å². The minimum atomic E-state index is 0.175. The molecular weight excluding hydrogens is 170 g/mol. The van der Waals surface area contributed by atoms with Crippen molar-refractivity contribution < 1.29 is 4.79 Å². The van der Waals surface area contributed by atoms with Gasteiger partial charge in [-0.05, 0) is 6.42 Å². The van der Waals surface area contributed by atoms with Crippen LogP contribution in [0.4, 0.5) is 0 Å². The molecule has 0 fully saturated rings. The molecule has 0 radical (unpaired) electrons. The fraction of sp³-hybridized carbons (Fsp3) is 0.556. The van der Waals surface area contributed by atoms with Gasteiger partial charge in [0.25, 0.3) is 0 Å². The zero-order valence-electron chi connectivity index (χ0n) is 7.41. The maximum atomic E-state index is 11.4. The first-order valence-electron chi connectivity index (χ1n) is 4.15. The van der Waals surface area contributed by atoms with Crippen LogP contribution in [-0.4, -0.2) is 10.8 Å². The highest BCUT2D eigenvalue weighted by atomic mass is 32.1. The number of hydrogen-bond donors (Lipinski definition) is 0. The van der Waals surface area contributed by atoms with Gasteiger partial charge >= 0.3 is 0 Å². The lowest BCUT2D eigenvalue weighted by Gasteiger charge is -2.04. The molecule has 0 amide bonds. The van der Waals surface area contributed by atoms with Crippen LogP contribution in [0.1, 0.15) is 25.3 Å². The zero-order valence-corrected chi connectivity index (χ0v) is 8.23. The van der Waals surface area contributed by atoms with Crippen molar-refractivity contribution in [1.82, 2.24) is 4.98 Å². The Morgan fingerprint density at radius 3 is 3.00 bits per heavy atom. The first kappa shape index (κ1) is 9.39. The standard InChI is InChI=1S/C9H13NOS/c1-3-7(2)8(11)6-9-10-4-5-12-9/h4-5,7H,3,6H2,1-2H3. The quantitative estimate of drug-likeness (QED) is 0.717. The van der Waals surface area contributed by atoms with Crippen molar-refractivity contribution in [2.24, 2.45) is 5.92 Å². The molecule has 0 aliphatic rings. The van der Waals surface area contributed by atoms with Crippen LogP contribution in [0.25, 0.3) is 0 Å². The summed E-state index contributed by atoms with van der Waals surface area (Å²) in [6.07, 6.45) is 3.17. The number of carbonyl (C=O) groups excluding carboxylic acids is 1. The van der Waals surface area contributed by atoms with Crippen molar-refractivity contribution in [3.05, 3.63) is 16.6 Å². The largest absolute Gasteiger partial charge is 0.299 e. The Morgan fingerprint density at radius 2 is 2.50 bits per heavy atom. The molecule has 66 valence electrons. The average Bonchev–Trinajstić information content (AvgIpc) is 2.55. The maximum absolute atomic E-state index is 11.4. The van der Waals surface area contributed by atoms with E-state index < -0.39 is 0 Å². The molecule has 0 aliphatic heterocycles. The van der Waals surface area contributed by atoms with Crippen LogP contribution >= 0.6 is 11.3 Å². The van der Waals surface area contributed by atoms with Crippen LogP contribution in [0.3, 0.4) is 0 Å². The summed E-state index contributed by atoms with van der Waals surface area (Å²) < 4.78 is 0. The monoisotopic (exact) mass is 183 g/mol. The van der Waals surface area contributed by atoms with Crippen LogP contribution in [0.15, 0.2) is 11.6 Å². The predicted molar refractivity (Wildman–Crippen MR) is 50.3 cm³/mol. The molecule has 12 heavy (non-hydrogen) atoms. The topological polar surface area (TPSA) is 30.0 Å². The van der Waals surface area contributed by atoms with E-state index in [0.29, 0.717) is 12.2 Å². The third-order valence-corrected chi connectivity index (χ3v) is 2.75. The van der Waals surface area contributed by atoms with Gasteiger partial charge in [-0.2, -0.15) is 0 Å². The van der Waals surface area contributed by atoms with E-state index in [4.69, 9.17) is 0 Å². The molecule has 1 atom stereocenters. The molecule has 0 N–H and O–H groups in total. The molecule has 0 spiro atoms. The fourth-order valence-electron chi connectivity index (χ4n) is 0.891. The number of carbonyl (C=O) groups is 1. The molecule has 0 aromatic carbocycles. The van der Waals surface area contributed by atoms with Crippen LogP contribution in [0.2, 0.25) is 0 Å². The van der Waals surface area contributed by atoms with Crippen molar-refractivity contribution in [2.75, 3.05) is 0 Å². The van der Waals surface area contributed by atoms with Gasteiger partial charge in [-0.3, -0.25) is 4.79 Å². The Kier molecular flexibility index (Phi) is 3.41. The SMILES string of the molecule is CCC(C)C(=O)Cc1nccs1. The van der Waals surface area contributed by atoms with E-state index in [1.54, 1.807) is 17.5 Å². The molecule has 0 saturated carbocycles. The predicted octanol–water partition coefficient (Wildman–Crippen LogP) is 2.30. The van der Waals surface area contributed by atoms with Crippen molar-refractivity contribution in [3.8, 4) is 0 Å². The number of hydrogen-bond acceptors (Lipinski definition) is 3. The lowest BCUT2D eigenvalue weighted by Crippen LogP contribution is -2.12. The third kappa shape index (κ3) is 2.41. The number of Topliss-reactive ketones (excluding diaryl/α,β-unsaturated/α-hetero) is 1. The Morgan fingerprint density at radius 1 is 1.75 bits per heavy atom. The second kappa shape index (κ2) is 4.36. The van der Waals surface area contributed by atoms with Gasteiger partial charge in [0.05, 0.1) is 11.4 Å². The summed E-state index contributed by atoms with van der Waals surface area (Å²) in [5.74, 6) is 0.473. The number of ketones is 1. The van der Waals surface area contributed by atoms with Crippen molar-refractivity contribution >= 4 is 17.1 Å². The van der Waals surface area contributed by atoms with Gasteiger partial charge in [-0.25, -0.2) is 4.98 Å². The van der Waals surface area contributed by atoms with E-state index in [1.165, 1.54) is 0 Å². The van der Waals surface area contributed by atoms with Crippen molar-refractivity contribution in [3.63, 3.8) is 0 Å². The van der Waals surface area contributed by atoms with E-state index in [9.17, 15) is 4.79 Å². The normalized spacial score (nSPS) is 12.8. The van der Waals surface area contributed by atoms with Gasteiger partial charge in [0.2, 0.25) is 0 Å². The van der Waals surface area contributed by atoms with E-state index in [0.717, 1.165) is 11.4 Å². The molecule has 0 bridgehead atoms. The highest BCUT2D eigenvalue weighted by Gasteiger charge is 2.11. The number of nitrogens with zero attached hydrogens (tertiary/aromatic N) is 1. The molecule has 1 rings (SSSR count). The molecule has 0 saturated heterocycles. The van der Waals surface area contributed by atoms with Crippen molar-refractivity contribution in [1.29, 1.82) is 0 Å². The summed E-state index contributed by atoms with van der Waals surface area (Å²) in [5.41, 5.74) is 0. The van der Waals surface area contributed by atoms with E-state index in [2.05, 4.69) is 4.98 Å². The lowest BCUT2D eigenvalue weighted by molar-refractivity contribution is -0.121. The molecule has 1 aromatic heterocycles. The highest BCUT2D eigenvalue weighted by Crippen LogP contribution is 2.10. The minimum Gasteiger partial charge on any atom is -0.299 e. The van der Waals surface area contributed by atoms with Crippen LogP contribution < -0.4 is 0 Å². The smallest absolute Gasteiger partial charge is 0.142 e.